The Labute approximate surface area is 188 Å². The summed E-state index contributed by atoms with van der Waals surface area (Å²) in [4.78, 5) is 0. The summed E-state index contributed by atoms with van der Waals surface area (Å²) >= 11 is 9.44. The topological polar surface area (TPSA) is 42.2 Å². The molecule has 3 rings (SSSR count). The van der Waals surface area contributed by atoms with E-state index in [1.54, 1.807) is 54.6 Å². The molecule has 0 radical (unpaired) electrons. The van der Waals surface area contributed by atoms with Gasteiger partial charge in [0.15, 0.2) is 11.5 Å². The van der Waals surface area contributed by atoms with E-state index in [4.69, 9.17) is 21.1 Å². The Morgan fingerprint density at radius 1 is 1.13 bits per heavy atom. The van der Waals surface area contributed by atoms with Crippen LogP contribution in [-0.2, 0) is 6.61 Å². The molecule has 0 atom stereocenters. The molecule has 0 heterocycles. The third-order valence-electron chi connectivity index (χ3n) is 4.25. The van der Waals surface area contributed by atoms with E-state index < -0.39 is 0 Å². The molecule has 0 N–H and O–H groups in total. The minimum Gasteiger partial charge on any atom is -0.490 e. The predicted octanol–water partition coefficient (Wildman–Crippen LogP) is 7.28. The van der Waals surface area contributed by atoms with E-state index in [0.29, 0.717) is 38.7 Å². The molecule has 30 heavy (non-hydrogen) atoms. The number of nitrogens with zero attached hydrogens (tertiary/aromatic N) is 1. The minimum absolute atomic E-state index is 0.0642. The summed E-state index contributed by atoms with van der Waals surface area (Å²) in [5.41, 5.74) is 2.46. The number of benzene rings is 3. The first-order valence-corrected chi connectivity index (χ1v) is 10.4. The van der Waals surface area contributed by atoms with Gasteiger partial charge in [0.25, 0.3) is 0 Å². The Kier molecular flexibility index (Phi) is 7.51. The van der Waals surface area contributed by atoms with Crippen LogP contribution in [0.15, 0.2) is 65.1 Å². The van der Waals surface area contributed by atoms with Crippen LogP contribution in [0, 0.1) is 17.1 Å². The van der Waals surface area contributed by atoms with Gasteiger partial charge in [0.05, 0.1) is 22.7 Å². The van der Waals surface area contributed by atoms with E-state index in [0.717, 1.165) is 11.1 Å². The summed E-state index contributed by atoms with van der Waals surface area (Å²) in [6, 6.07) is 19.4. The van der Waals surface area contributed by atoms with Crippen molar-refractivity contribution >= 4 is 39.2 Å². The Morgan fingerprint density at radius 3 is 2.53 bits per heavy atom. The number of ether oxygens (including phenoxy) is 2. The lowest BCUT2D eigenvalue weighted by Gasteiger charge is -2.15. The van der Waals surface area contributed by atoms with Crippen molar-refractivity contribution in [2.75, 3.05) is 6.61 Å². The average molecular weight is 487 g/mol. The second kappa shape index (κ2) is 10.3. The van der Waals surface area contributed by atoms with Crippen molar-refractivity contribution in [2.24, 2.45) is 0 Å². The van der Waals surface area contributed by atoms with Crippen molar-refractivity contribution in [2.45, 2.75) is 13.5 Å². The van der Waals surface area contributed by atoms with Gasteiger partial charge >= 0.3 is 0 Å². The summed E-state index contributed by atoms with van der Waals surface area (Å²) in [6.07, 6.45) is 1.76. The maximum absolute atomic E-state index is 13.9. The molecular formula is C24H18BrClFNO2. The van der Waals surface area contributed by atoms with Gasteiger partial charge in [0.2, 0.25) is 0 Å². The van der Waals surface area contributed by atoms with Gasteiger partial charge in [-0.1, -0.05) is 41.9 Å². The molecule has 0 aliphatic rings. The van der Waals surface area contributed by atoms with Gasteiger partial charge in [0.1, 0.15) is 12.4 Å². The number of nitriles is 1. The SMILES string of the molecule is CCOc1cc(/C=C(\C#N)c2ccc(Cl)cc2)cc(Br)c1OCc1ccccc1F. The zero-order valence-electron chi connectivity index (χ0n) is 16.2. The van der Waals surface area contributed by atoms with Crippen LogP contribution in [0.3, 0.4) is 0 Å². The van der Waals surface area contributed by atoms with Crippen molar-refractivity contribution in [3.05, 3.63) is 92.7 Å². The van der Waals surface area contributed by atoms with Crippen LogP contribution in [0.2, 0.25) is 5.02 Å². The smallest absolute Gasteiger partial charge is 0.175 e. The Hall–Kier alpha value is -2.81. The summed E-state index contributed by atoms with van der Waals surface area (Å²) in [5.74, 6) is 0.651. The van der Waals surface area contributed by atoms with Crippen LogP contribution in [0.5, 0.6) is 11.5 Å². The molecule has 3 aromatic carbocycles. The first-order valence-electron chi connectivity index (χ1n) is 9.22. The number of rotatable bonds is 7. The molecule has 0 unspecified atom stereocenters. The van der Waals surface area contributed by atoms with Crippen LogP contribution in [0.1, 0.15) is 23.6 Å². The molecule has 0 saturated carbocycles. The maximum Gasteiger partial charge on any atom is 0.175 e. The lowest BCUT2D eigenvalue weighted by molar-refractivity contribution is 0.264. The highest BCUT2D eigenvalue weighted by Crippen LogP contribution is 2.38. The van der Waals surface area contributed by atoms with Gasteiger partial charge < -0.3 is 9.47 Å². The number of halogens is 3. The summed E-state index contributed by atoms with van der Waals surface area (Å²) in [6.45, 7) is 2.36. The molecule has 0 fully saturated rings. The van der Waals surface area contributed by atoms with E-state index in [-0.39, 0.29) is 12.4 Å². The summed E-state index contributed by atoms with van der Waals surface area (Å²) in [5, 5.41) is 10.2. The van der Waals surface area contributed by atoms with Gasteiger partial charge in [-0.2, -0.15) is 5.26 Å². The molecule has 0 spiro atoms. The lowest BCUT2D eigenvalue weighted by Crippen LogP contribution is -2.02. The number of hydrogen-bond donors (Lipinski definition) is 0. The molecule has 0 amide bonds. The van der Waals surface area contributed by atoms with Crippen LogP contribution in [0.25, 0.3) is 11.6 Å². The van der Waals surface area contributed by atoms with Crippen molar-refractivity contribution in [3.8, 4) is 17.6 Å². The molecule has 6 heteroatoms. The molecule has 3 aromatic rings. The first-order chi connectivity index (χ1) is 14.5. The quantitative estimate of drug-likeness (QED) is 0.260. The van der Waals surface area contributed by atoms with Gasteiger partial charge in [-0.15, -0.1) is 0 Å². The van der Waals surface area contributed by atoms with E-state index in [1.807, 2.05) is 13.0 Å². The fourth-order valence-electron chi connectivity index (χ4n) is 2.82. The highest BCUT2D eigenvalue weighted by molar-refractivity contribution is 9.10. The van der Waals surface area contributed by atoms with Gasteiger partial charge in [-0.25, -0.2) is 4.39 Å². The fourth-order valence-corrected chi connectivity index (χ4v) is 3.52. The number of hydrogen-bond acceptors (Lipinski definition) is 3. The van der Waals surface area contributed by atoms with Crippen LogP contribution < -0.4 is 9.47 Å². The third kappa shape index (κ3) is 5.41. The number of allylic oxidation sites excluding steroid dienone is 1. The molecule has 0 aromatic heterocycles. The van der Waals surface area contributed by atoms with E-state index in [9.17, 15) is 9.65 Å². The Bertz CT molecular complexity index is 1110. The molecule has 0 aliphatic carbocycles. The highest BCUT2D eigenvalue weighted by Gasteiger charge is 2.14. The standard InChI is InChI=1S/C24H18BrClFNO2/c1-2-29-23-13-16(11-19(14-28)17-7-9-20(26)10-8-17)12-21(25)24(23)30-15-18-5-3-4-6-22(18)27/h3-13H,2,15H2,1H3/b19-11+. The van der Waals surface area contributed by atoms with Crippen LogP contribution in [-0.4, -0.2) is 6.61 Å². The van der Waals surface area contributed by atoms with Crippen LogP contribution in [0.4, 0.5) is 4.39 Å². The zero-order chi connectivity index (χ0) is 21.5. The highest BCUT2D eigenvalue weighted by atomic mass is 79.9. The summed E-state index contributed by atoms with van der Waals surface area (Å²) in [7, 11) is 0. The van der Waals surface area contributed by atoms with Gasteiger partial charge in [0, 0.05) is 10.6 Å². The van der Waals surface area contributed by atoms with E-state index in [2.05, 4.69) is 22.0 Å². The molecular weight excluding hydrogens is 469 g/mol. The zero-order valence-corrected chi connectivity index (χ0v) is 18.5. The van der Waals surface area contributed by atoms with Crippen molar-refractivity contribution < 1.29 is 13.9 Å². The van der Waals surface area contributed by atoms with Crippen molar-refractivity contribution in [3.63, 3.8) is 0 Å². The van der Waals surface area contributed by atoms with Crippen LogP contribution >= 0.6 is 27.5 Å². The minimum atomic E-state index is -0.326. The van der Waals surface area contributed by atoms with E-state index in [1.165, 1.54) is 6.07 Å². The average Bonchev–Trinajstić information content (AvgIpc) is 2.73. The largest absolute Gasteiger partial charge is 0.490 e. The van der Waals surface area contributed by atoms with Crippen molar-refractivity contribution in [1.82, 2.24) is 0 Å². The normalized spacial score (nSPS) is 11.1. The summed E-state index contributed by atoms with van der Waals surface area (Å²) < 4.78 is 26.1. The molecule has 0 aliphatic heterocycles. The molecule has 0 bridgehead atoms. The first kappa shape index (κ1) is 21.9. The van der Waals surface area contributed by atoms with Crippen molar-refractivity contribution in [1.29, 1.82) is 5.26 Å². The Morgan fingerprint density at radius 2 is 1.87 bits per heavy atom. The van der Waals surface area contributed by atoms with Gasteiger partial charge in [-0.3, -0.25) is 0 Å². The third-order valence-corrected chi connectivity index (χ3v) is 5.09. The van der Waals surface area contributed by atoms with Gasteiger partial charge in [-0.05, 0) is 70.4 Å². The molecule has 152 valence electrons. The predicted molar refractivity (Wildman–Crippen MR) is 121 cm³/mol. The van der Waals surface area contributed by atoms with E-state index >= 15 is 0 Å². The monoisotopic (exact) mass is 485 g/mol. The Balaban J connectivity index is 1.93. The maximum atomic E-state index is 13.9. The molecule has 0 saturated heterocycles. The second-order valence-electron chi connectivity index (χ2n) is 6.32. The second-order valence-corrected chi connectivity index (χ2v) is 7.61. The fraction of sp³-hybridized carbons (Fsp3) is 0.125. The molecule has 3 nitrogen and oxygen atoms in total. The lowest BCUT2D eigenvalue weighted by atomic mass is 10.0.